The minimum atomic E-state index is -0.789. The summed E-state index contributed by atoms with van der Waals surface area (Å²) >= 11 is 2.94. The number of anilines is 1. The van der Waals surface area contributed by atoms with Crippen molar-refractivity contribution in [1.82, 2.24) is 5.32 Å². The number of nitro benzene ring substituents is 1. The monoisotopic (exact) mass is 373 g/mol. The van der Waals surface area contributed by atoms with Crippen LogP contribution in [0.4, 0.5) is 11.4 Å². The first kappa shape index (κ1) is 18.4. The molecule has 1 aliphatic rings. The van der Waals surface area contributed by atoms with Crippen LogP contribution in [0.3, 0.4) is 0 Å². The SMILES string of the molecule is CCC(Br)C(=O)O.O=[N+]([O-])c1cccc(N2CCNCC2)c1. The average molecular weight is 374 g/mol. The second-order valence-electron chi connectivity index (χ2n) is 4.73. The number of nitro groups is 1. The normalized spacial score (nSPS) is 15.5. The number of piperazine rings is 1. The molecule has 1 heterocycles. The van der Waals surface area contributed by atoms with Crippen molar-refractivity contribution in [3.8, 4) is 0 Å². The van der Waals surface area contributed by atoms with E-state index in [9.17, 15) is 14.9 Å². The van der Waals surface area contributed by atoms with Crippen LogP contribution < -0.4 is 10.2 Å². The van der Waals surface area contributed by atoms with Gasteiger partial charge < -0.3 is 15.3 Å². The summed E-state index contributed by atoms with van der Waals surface area (Å²) in [5, 5.41) is 22.0. The van der Waals surface area contributed by atoms with Gasteiger partial charge >= 0.3 is 5.97 Å². The van der Waals surface area contributed by atoms with E-state index in [1.54, 1.807) is 12.1 Å². The maximum atomic E-state index is 10.6. The number of rotatable bonds is 4. The van der Waals surface area contributed by atoms with Crippen molar-refractivity contribution in [3.63, 3.8) is 0 Å². The molecule has 0 amide bonds. The molecule has 122 valence electrons. The summed E-state index contributed by atoms with van der Waals surface area (Å²) in [4.78, 5) is 21.9. The second kappa shape index (κ2) is 9.37. The maximum absolute atomic E-state index is 10.6. The Morgan fingerprint density at radius 2 is 2.14 bits per heavy atom. The molecule has 22 heavy (non-hydrogen) atoms. The predicted molar refractivity (Wildman–Crippen MR) is 88.8 cm³/mol. The van der Waals surface area contributed by atoms with E-state index in [0.717, 1.165) is 31.9 Å². The quantitative estimate of drug-likeness (QED) is 0.477. The lowest BCUT2D eigenvalue weighted by atomic mass is 10.2. The van der Waals surface area contributed by atoms with E-state index in [0.29, 0.717) is 6.42 Å². The molecule has 1 saturated heterocycles. The summed E-state index contributed by atoms with van der Waals surface area (Å²) in [7, 11) is 0. The smallest absolute Gasteiger partial charge is 0.317 e. The topological polar surface area (TPSA) is 95.7 Å². The molecule has 1 fully saturated rings. The predicted octanol–water partition coefficient (Wildman–Crippen LogP) is 2.25. The molecule has 1 aromatic rings. The van der Waals surface area contributed by atoms with Gasteiger partial charge in [-0.1, -0.05) is 28.9 Å². The van der Waals surface area contributed by atoms with Gasteiger partial charge in [0.2, 0.25) is 0 Å². The van der Waals surface area contributed by atoms with Crippen LogP contribution in [0.2, 0.25) is 0 Å². The third-order valence-corrected chi connectivity index (χ3v) is 4.19. The fourth-order valence-electron chi connectivity index (χ4n) is 1.90. The number of aliphatic carboxylic acids is 1. The first-order valence-electron chi connectivity index (χ1n) is 7.02. The molecule has 0 saturated carbocycles. The number of carbonyl (C=O) groups is 1. The number of alkyl halides is 1. The van der Waals surface area contributed by atoms with Crippen LogP contribution in [-0.2, 0) is 4.79 Å². The minimum absolute atomic E-state index is 0.158. The van der Waals surface area contributed by atoms with Gasteiger partial charge in [-0.2, -0.15) is 0 Å². The van der Waals surface area contributed by atoms with Gasteiger partial charge in [-0.15, -0.1) is 0 Å². The van der Waals surface area contributed by atoms with Gasteiger partial charge in [0.1, 0.15) is 4.83 Å². The van der Waals surface area contributed by atoms with Crippen molar-refractivity contribution >= 4 is 33.3 Å². The van der Waals surface area contributed by atoms with E-state index in [-0.39, 0.29) is 15.4 Å². The first-order valence-corrected chi connectivity index (χ1v) is 7.94. The van der Waals surface area contributed by atoms with Crippen molar-refractivity contribution in [2.75, 3.05) is 31.1 Å². The molecule has 2 N–H and O–H groups in total. The summed E-state index contributed by atoms with van der Waals surface area (Å²) in [5.41, 5.74) is 1.09. The molecule has 2 rings (SSSR count). The van der Waals surface area contributed by atoms with E-state index < -0.39 is 5.97 Å². The Balaban J connectivity index is 0.000000295. The third kappa shape index (κ3) is 5.98. The van der Waals surface area contributed by atoms with Crippen LogP contribution in [0.1, 0.15) is 13.3 Å². The van der Waals surface area contributed by atoms with E-state index in [4.69, 9.17) is 5.11 Å². The highest BCUT2D eigenvalue weighted by atomic mass is 79.9. The Morgan fingerprint density at radius 3 is 2.59 bits per heavy atom. The van der Waals surface area contributed by atoms with E-state index in [1.807, 2.05) is 13.0 Å². The highest BCUT2D eigenvalue weighted by Crippen LogP contribution is 2.21. The van der Waals surface area contributed by atoms with Crippen molar-refractivity contribution in [3.05, 3.63) is 34.4 Å². The van der Waals surface area contributed by atoms with Crippen LogP contribution in [0, 0.1) is 10.1 Å². The van der Waals surface area contributed by atoms with Crippen molar-refractivity contribution in [2.45, 2.75) is 18.2 Å². The molecular formula is C14H20BrN3O4. The minimum Gasteiger partial charge on any atom is -0.480 e. The van der Waals surface area contributed by atoms with Crippen LogP contribution in [0.5, 0.6) is 0 Å². The third-order valence-electron chi connectivity index (χ3n) is 3.15. The van der Waals surface area contributed by atoms with Crippen LogP contribution in [0.25, 0.3) is 0 Å². The highest BCUT2D eigenvalue weighted by molar-refractivity contribution is 9.10. The Labute approximate surface area is 137 Å². The maximum Gasteiger partial charge on any atom is 0.317 e. The zero-order valence-corrected chi connectivity index (χ0v) is 14.0. The highest BCUT2D eigenvalue weighted by Gasteiger charge is 2.13. The van der Waals surface area contributed by atoms with Gasteiger partial charge in [-0.3, -0.25) is 14.9 Å². The van der Waals surface area contributed by atoms with Gasteiger partial charge in [-0.05, 0) is 12.5 Å². The number of non-ortho nitro benzene ring substituents is 1. The summed E-state index contributed by atoms with van der Waals surface area (Å²) in [6, 6.07) is 6.80. The Hall–Kier alpha value is -1.67. The lowest BCUT2D eigenvalue weighted by Gasteiger charge is -2.29. The van der Waals surface area contributed by atoms with Gasteiger partial charge in [-0.25, -0.2) is 0 Å². The number of carboxylic acids is 1. The molecule has 1 aliphatic heterocycles. The summed E-state index contributed by atoms with van der Waals surface area (Å²) in [5.74, 6) is -0.789. The van der Waals surface area contributed by atoms with Crippen molar-refractivity contribution < 1.29 is 14.8 Å². The zero-order valence-electron chi connectivity index (χ0n) is 12.4. The Kier molecular flexibility index (Phi) is 7.83. The molecular weight excluding hydrogens is 354 g/mol. The van der Waals surface area contributed by atoms with Gasteiger partial charge in [0.15, 0.2) is 0 Å². The van der Waals surface area contributed by atoms with Crippen molar-refractivity contribution in [1.29, 1.82) is 0 Å². The average Bonchev–Trinajstić information content (AvgIpc) is 2.55. The number of benzene rings is 1. The number of hydrogen-bond donors (Lipinski definition) is 2. The molecule has 0 spiro atoms. The van der Waals surface area contributed by atoms with Gasteiger partial charge in [0.25, 0.3) is 5.69 Å². The molecule has 1 atom stereocenters. The van der Waals surface area contributed by atoms with Crippen LogP contribution in [-0.4, -0.2) is 47.0 Å². The second-order valence-corrected chi connectivity index (χ2v) is 5.83. The summed E-state index contributed by atoms with van der Waals surface area (Å²) in [6.07, 6.45) is 0.634. The Morgan fingerprint density at radius 1 is 1.50 bits per heavy atom. The lowest BCUT2D eigenvalue weighted by Crippen LogP contribution is -2.43. The fourth-order valence-corrected chi connectivity index (χ4v) is 1.90. The molecule has 0 radical (unpaired) electrons. The number of carboxylic acid groups (broad SMARTS) is 1. The van der Waals surface area contributed by atoms with E-state index in [1.165, 1.54) is 6.07 Å². The van der Waals surface area contributed by atoms with E-state index >= 15 is 0 Å². The number of halogens is 1. The van der Waals surface area contributed by atoms with E-state index in [2.05, 4.69) is 26.1 Å². The van der Waals surface area contributed by atoms with Gasteiger partial charge in [0, 0.05) is 44.0 Å². The Bertz CT molecular complexity index is 507. The molecule has 1 unspecified atom stereocenters. The number of nitrogens with one attached hydrogen (secondary N) is 1. The molecule has 7 nitrogen and oxygen atoms in total. The van der Waals surface area contributed by atoms with Crippen LogP contribution in [0.15, 0.2) is 24.3 Å². The van der Waals surface area contributed by atoms with Crippen molar-refractivity contribution in [2.24, 2.45) is 0 Å². The summed E-state index contributed by atoms with van der Waals surface area (Å²) in [6.45, 7) is 5.49. The first-order chi connectivity index (χ1) is 10.5. The lowest BCUT2D eigenvalue weighted by molar-refractivity contribution is -0.384. The fraction of sp³-hybridized carbons (Fsp3) is 0.500. The standard InChI is InChI=1S/C10H13N3O2.C4H7BrO2/c14-13(15)10-3-1-2-9(8-10)12-6-4-11-5-7-12;1-2-3(5)4(6)7/h1-3,8,11H,4-7H2;3H,2H2,1H3,(H,6,7). The molecule has 0 aromatic heterocycles. The molecule has 0 aliphatic carbocycles. The van der Waals surface area contributed by atoms with Crippen LogP contribution >= 0.6 is 15.9 Å². The van der Waals surface area contributed by atoms with Gasteiger partial charge in [0.05, 0.1) is 4.92 Å². The number of nitrogens with zero attached hydrogens (tertiary/aromatic N) is 2. The molecule has 1 aromatic carbocycles. The summed E-state index contributed by atoms with van der Waals surface area (Å²) < 4.78 is 0. The molecule has 0 bridgehead atoms. The largest absolute Gasteiger partial charge is 0.480 e. The molecule has 8 heteroatoms. The number of hydrogen-bond acceptors (Lipinski definition) is 5. The zero-order chi connectivity index (χ0) is 16.5.